The van der Waals surface area contributed by atoms with Gasteiger partial charge >= 0.3 is 5.97 Å². The Morgan fingerprint density at radius 1 is 1.33 bits per heavy atom. The molecule has 84 valence electrons. The van der Waals surface area contributed by atoms with E-state index in [-0.39, 0.29) is 5.91 Å². The van der Waals surface area contributed by atoms with E-state index in [4.69, 9.17) is 4.74 Å². The lowest BCUT2D eigenvalue weighted by Crippen LogP contribution is -2.27. The molecule has 1 heterocycles. The lowest BCUT2D eigenvalue weighted by Gasteiger charge is -2.14. The topological polar surface area (TPSA) is 46.6 Å². The van der Waals surface area contributed by atoms with E-state index in [0.29, 0.717) is 19.4 Å². The molecule has 0 aliphatic carbocycles. The number of amides is 1. The fourth-order valence-corrected chi connectivity index (χ4v) is 1.58. The van der Waals surface area contributed by atoms with E-state index in [1.54, 1.807) is 0 Å². The maximum absolute atomic E-state index is 11.5. The summed E-state index contributed by atoms with van der Waals surface area (Å²) in [5, 5.41) is 0. The molecule has 4 nitrogen and oxygen atoms in total. The maximum atomic E-state index is 11.5. The van der Waals surface area contributed by atoms with Gasteiger partial charge in [0, 0.05) is 25.6 Å². The summed E-state index contributed by atoms with van der Waals surface area (Å²) in [6.45, 7) is 5.34. The van der Waals surface area contributed by atoms with E-state index < -0.39 is 5.97 Å². The number of carbonyl (C=O) groups is 2. The van der Waals surface area contributed by atoms with Crippen molar-refractivity contribution in [3.63, 3.8) is 0 Å². The number of likely N-dealkylation sites (tertiary alicyclic amines) is 1. The van der Waals surface area contributed by atoms with Crippen molar-refractivity contribution < 1.29 is 14.3 Å². The molecule has 15 heavy (non-hydrogen) atoms. The molecule has 0 aromatic heterocycles. The average Bonchev–Trinajstić information content (AvgIpc) is 2.77. The van der Waals surface area contributed by atoms with Crippen LogP contribution in [0.5, 0.6) is 0 Å². The number of hydrogen-bond donors (Lipinski definition) is 0. The third-order valence-corrected chi connectivity index (χ3v) is 2.40. The third kappa shape index (κ3) is 4.14. The first-order valence-corrected chi connectivity index (χ1v) is 5.31. The van der Waals surface area contributed by atoms with Crippen molar-refractivity contribution in [1.29, 1.82) is 0 Å². The van der Waals surface area contributed by atoms with Crippen LogP contribution in [0.2, 0.25) is 0 Å². The molecule has 0 atom stereocenters. The van der Waals surface area contributed by atoms with Gasteiger partial charge < -0.3 is 9.64 Å². The van der Waals surface area contributed by atoms with Crippen LogP contribution in [0.15, 0.2) is 12.7 Å². The van der Waals surface area contributed by atoms with E-state index in [1.807, 2.05) is 4.90 Å². The van der Waals surface area contributed by atoms with Crippen molar-refractivity contribution in [3.8, 4) is 0 Å². The monoisotopic (exact) mass is 211 g/mol. The Morgan fingerprint density at radius 3 is 2.60 bits per heavy atom. The highest BCUT2D eigenvalue weighted by Gasteiger charge is 2.16. The number of hydrogen-bond acceptors (Lipinski definition) is 3. The minimum atomic E-state index is -0.427. The van der Waals surface area contributed by atoms with E-state index in [2.05, 4.69) is 6.58 Å². The summed E-state index contributed by atoms with van der Waals surface area (Å²) >= 11 is 0. The van der Waals surface area contributed by atoms with Crippen molar-refractivity contribution in [2.24, 2.45) is 0 Å². The van der Waals surface area contributed by atoms with Crippen LogP contribution in [0, 0.1) is 0 Å². The van der Waals surface area contributed by atoms with Gasteiger partial charge in [-0.1, -0.05) is 6.58 Å². The quantitative estimate of drug-likeness (QED) is 0.389. The molecule has 0 radical (unpaired) electrons. The zero-order valence-corrected chi connectivity index (χ0v) is 8.91. The standard InChI is InChI=1S/C11H17NO3/c1-2-11(14)15-9-5-6-10(13)12-7-3-4-8-12/h2H,1,3-9H2. The summed E-state index contributed by atoms with van der Waals surface area (Å²) in [4.78, 5) is 24.1. The number of rotatable bonds is 5. The predicted octanol–water partition coefficient (Wildman–Crippen LogP) is 1.12. The molecule has 1 amide bonds. The molecule has 1 aliphatic heterocycles. The molecule has 1 aliphatic rings. The first kappa shape index (κ1) is 11.8. The van der Waals surface area contributed by atoms with Gasteiger partial charge in [-0.15, -0.1) is 0 Å². The van der Waals surface area contributed by atoms with Crippen LogP contribution in [-0.4, -0.2) is 36.5 Å². The largest absolute Gasteiger partial charge is 0.463 e. The van der Waals surface area contributed by atoms with Crippen LogP contribution in [0.3, 0.4) is 0 Å². The Balaban J connectivity index is 2.06. The highest BCUT2D eigenvalue weighted by Crippen LogP contribution is 2.09. The first-order chi connectivity index (χ1) is 7.24. The summed E-state index contributed by atoms with van der Waals surface area (Å²) in [5.74, 6) is -0.259. The zero-order chi connectivity index (χ0) is 11.1. The Hall–Kier alpha value is -1.32. The molecule has 1 rings (SSSR count). The smallest absolute Gasteiger partial charge is 0.330 e. The fraction of sp³-hybridized carbons (Fsp3) is 0.636. The molecule has 0 unspecified atom stereocenters. The fourth-order valence-electron chi connectivity index (χ4n) is 1.58. The third-order valence-electron chi connectivity index (χ3n) is 2.40. The molecule has 4 heteroatoms. The lowest BCUT2D eigenvalue weighted by molar-refractivity contribution is -0.139. The molecular weight excluding hydrogens is 194 g/mol. The molecule has 0 aromatic carbocycles. The molecule has 0 N–H and O–H groups in total. The Bertz CT molecular complexity index is 244. The Morgan fingerprint density at radius 2 is 2.00 bits per heavy atom. The summed E-state index contributed by atoms with van der Waals surface area (Å²) in [5.41, 5.74) is 0. The van der Waals surface area contributed by atoms with Crippen molar-refractivity contribution in [1.82, 2.24) is 4.90 Å². The summed E-state index contributed by atoms with van der Waals surface area (Å²) in [6, 6.07) is 0. The normalized spacial score (nSPS) is 15.1. The Kier molecular flexibility index (Phi) is 4.87. The van der Waals surface area contributed by atoms with Gasteiger partial charge in [-0.3, -0.25) is 4.79 Å². The van der Waals surface area contributed by atoms with E-state index in [1.165, 1.54) is 0 Å². The van der Waals surface area contributed by atoms with Crippen molar-refractivity contribution in [2.75, 3.05) is 19.7 Å². The molecule has 1 fully saturated rings. The minimum Gasteiger partial charge on any atom is -0.463 e. The molecule has 1 saturated heterocycles. The molecule has 0 spiro atoms. The zero-order valence-electron chi connectivity index (χ0n) is 8.91. The van der Waals surface area contributed by atoms with Gasteiger partial charge in [-0.2, -0.15) is 0 Å². The molecular formula is C11H17NO3. The summed E-state index contributed by atoms with van der Waals surface area (Å²) < 4.78 is 4.78. The van der Waals surface area contributed by atoms with Gasteiger partial charge in [0.05, 0.1) is 6.61 Å². The number of carbonyl (C=O) groups excluding carboxylic acids is 2. The highest BCUT2D eigenvalue weighted by atomic mass is 16.5. The van der Waals surface area contributed by atoms with Gasteiger partial charge in [0.15, 0.2) is 0 Å². The van der Waals surface area contributed by atoms with Crippen LogP contribution >= 0.6 is 0 Å². The van der Waals surface area contributed by atoms with Crippen molar-refractivity contribution in [2.45, 2.75) is 25.7 Å². The minimum absolute atomic E-state index is 0.169. The Labute approximate surface area is 89.9 Å². The van der Waals surface area contributed by atoms with Gasteiger partial charge in [-0.05, 0) is 19.3 Å². The van der Waals surface area contributed by atoms with E-state index in [9.17, 15) is 9.59 Å². The number of esters is 1. The van der Waals surface area contributed by atoms with Crippen molar-refractivity contribution in [3.05, 3.63) is 12.7 Å². The van der Waals surface area contributed by atoms with Crippen LogP contribution < -0.4 is 0 Å². The second-order valence-corrected chi connectivity index (χ2v) is 3.56. The maximum Gasteiger partial charge on any atom is 0.330 e. The van der Waals surface area contributed by atoms with Crippen LogP contribution in [0.4, 0.5) is 0 Å². The van der Waals surface area contributed by atoms with Gasteiger partial charge in [0.2, 0.25) is 5.91 Å². The predicted molar refractivity (Wildman–Crippen MR) is 56.2 cm³/mol. The summed E-state index contributed by atoms with van der Waals surface area (Å²) in [6.07, 6.45) is 4.40. The number of ether oxygens (including phenoxy) is 1. The van der Waals surface area contributed by atoms with Gasteiger partial charge in [-0.25, -0.2) is 4.79 Å². The van der Waals surface area contributed by atoms with Crippen molar-refractivity contribution >= 4 is 11.9 Å². The van der Waals surface area contributed by atoms with E-state index >= 15 is 0 Å². The summed E-state index contributed by atoms with van der Waals surface area (Å²) in [7, 11) is 0. The molecule has 0 aromatic rings. The lowest BCUT2D eigenvalue weighted by atomic mass is 10.3. The van der Waals surface area contributed by atoms with Crippen LogP contribution in [-0.2, 0) is 14.3 Å². The number of nitrogens with zero attached hydrogens (tertiary/aromatic N) is 1. The van der Waals surface area contributed by atoms with Gasteiger partial charge in [0.25, 0.3) is 0 Å². The molecule has 0 saturated carbocycles. The van der Waals surface area contributed by atoms with Crippen LogP contribution in [0.1, 0.15) is 25.7 Å². The second kappa shape index (κ2) is 6.22. The van der Waals surface area contributed by atoms with Crippen LogP contribution in [0.25, 0.3) is 0 Å². The highest BCUT2D eigenvalue weighted by molar-refractivity contribution is 5.81. The SMILES string of the molecule is C=CC(=O)OCCCC(=O)N1CCCC1. The average molecular weight is 211 g/mol. The van der Waals surface area contributed by atoms with Gasteiger partial charge in [0.1, 0.15) is 0 Å². The molecule has 0 bridgehead atoms. The second-order valence-electron chi connectivity index (χ2n) is 3.56. The first-order valence-electron chi connectivity index (χ1n) is 5.31. The van der Waals surface area contributed by atoms with E-state index in [0.717, 1.165) is 32.0 Å².